The Morgan fingerprint density at radius 2 is 2.50 bits per heavy atom. The van der Waals surface area contributed by atoms with E-state index in [0.29, 0.717) is 13.2 Å². The zero-order valence-electron chi connectivity index (χ0n) is 9.73. The number of hydrogen-bond acceptors (Lipinski definition) is 5. The number of ether oxygens (including phenoxy) is 2. The summed E-state index contributed by atoms with van der Waals surface area (Å²) in [6.07, 6.45) is -0.698. The molecule has 1 heterocycles. The molecule has 1 aliphatic rings. The minimum Gasteiger partial charge on any atom is -0.389 e. The van der Waals surface area contributed by atoms with Crippen LogP contribution in [0.15, 0.2) is 0 Å². The second kappa shape index (κ2) is 5.58. The van der Waals surface area contributed by atoms with Crippen LogP contribution in [0.3, 0.4) is 0 Å². The number of rotatable bonds is 5. The first-order chi connectivity index (χ1) is 7.50. The molecule has 0 radical (unpaired) electrons. The van der Waals surface area contributed by atoms with Crippen molar-refractivity contribution in [2.24, 2.45) is 11.1 Å². The molecule has 3 atom stereocenters. The average molecular weight is 232 g/mol. The number of carbonyl (C=O) groups is 1. The van der Waals surface area contributed by atoms with Gasteiger partial charge in [0.2, 0.25) is 5.91 Å². The van der Waals surface area contributed by atoms with Gasteiger partial charge in [0, 0.05) is 19.7 Å². The number of carbonyl (C=O) groups excluding carboxylic acids is 1. The first kappa shape index (κ1) is 13.4. The van der Waals surface area contributed by atoms with Crippen LogP contribution in [0.1, 0.15) is 6.92 Å². The topological polar surface area (TPSA) is 93.8 Å². The van der Waals surface area contributed by atoms with Crippen molar-refractivity contribution in [3.8, 4) is 0 Å². The molecule has 6 heteroatoms. The normalized spacial score (nSPS) is 31.4. The molecule has 4 N–H and O–H groups in total. The van der Waals surface area contributed by atoms with Crippen LogP contribution in [0.2, 0.25) is 0 Å². The van der Waals surface area contributed by atoms with E-state index < -0.39 is 11.5 Å². The Labute approximate surface area is 95.1 Å². The van der Waals surface area contributed by atoms with E-state index in [1.165, 1.54) is 7.11 Å². The maximum Gasteiger partial charge on any atom is 0.230 e. The fourth-order valence-corrected chi connectivity index (χ4v) is 1.59. The number of hydrogen-bond donors (Lipinski definition) is 3. The summed E-state index contributed by atoms with van der Waals surface area (Å²) in [7, 11) is 1.49. The third-order valence-electron chi connectivity index (χ3n) is 2.89. The van der Waals surface area contributed by atoms with Gasteiger partial charge in [-0.25, -0.2) is 0 Å². The number of nitrogens with one attached hydrogen (secondary N) is 1. The smallest absolute Gasteiger partial charge is 0.230 e. The van der Waals surface area contributed by atoms with Gasteiger partial charge in [-0.1, -0.05) is 0 Å². The zero-order valence-corrected chi connectivity index (χ0v) is 9.73. The van der Waals surface area contributed by atoms with E-state index in [1.807, 2.05) is 0 Å². The van der Waals surface area contributed by atoms with Crippen molar-refractivity contribution in [2.45, 2.75) is 19.1 Å². The highest BCUT2D eigenvalue weighted by molar-refractivity contribution is 5.83. The van der Waals surface area contributed by atoms with E-state index in [-0.39, 0.29) is 25.1 Å². The van der Waals surface area contributed by atoms with Crippen molar-refractivity contribution in [1.82, 2.24) is 5.32 Å². The molecule has 0 aliphatic carbocycles. The van der Waals surface area contributed by atoms with Crippen LogP contribution >= 0.6 is 0 Å². The monoisotopic (exact) mass is 232 g/mol. The lowest BCUT2D eigenvalue weighted by Crippen LogP contribution is -2.51. The lowest BCUT2D eigenvalue weighted by atomic mass is 9.85. The summed E-state index contributed by atoms with van der Waals surface area (Å²) < 4.78 is 9.93. The molecule has 1 amide bonds. The molecular formula is C10H20N2O4. The molecule has 0 bridgehead atoms. The Morgan fingerprint density at radius 3 is 3.00 bits per heavy atom. The second-order valence-electron chi connectivity index (χ2n) is 4.36. The third-order valence-corrected chi connectivity index (χ3v) is 2.89. The summed E-state index contributed by atoms with van der Waals surface area (Å²) in [5.74, 6) is -0.187. The van der Waals surface area contributed by atoms with Gasteiger partial charge in [-0.3, -0.25) is 4.79 Å². The van der Waals surface area contributed by atoms with Crippen LogP contribution in [0, 0.1) is 5.41 Å². The van der Waals surface area contributed by atoms with Gasteiger partial charge < -0.3 is 25.6 Å². The maximum absolute atomic E-state index is 11.9. The summed E-state index contributed by atoms with van der Waals surface area (Å²) in [5, 5.41) is 12.0. The number of aliphatic hydroxyl groups is 1. The predicted octanol–water partition coefficient (Wildman–Crippen LogP) is -1.53. The van der Waals surface area contributed by atoms with Gasteiger partial charge in [-0.15, -0.1) is 0 Å². The summed E-state index contributed by atoms with van der Waals surface area (Å²) in [5.41, 5.74) is 5.10. The fraction of sp³-hybridized carbons (Fsp3) is 0.900. The second-order valence-corrected chi connectivity index (χ2v) is 4.36. The van der Waals surface area contributed by atoms with Crippen LogP contribution in [0.4, 0.5) is 0 Å². The molecule has 1 saturated heterocycles. The first-order valence-corrected chi connectivity index (χ1v) is 5.29. The number of aliphatic hydroxyl groups excluding tert-OH is 1. The van der Waals surface area contributed by atoms with Crippen LogP contribution in [-0.2, 0) is 14.3 Å². The fourth-order valence-electron chi connectivity index (χ4n) is 1.59. The highest BCUT2D eigenvalue weighted by atomic mass is 16.5. The van der Waals surface area contributed by atoms with Crippen molar-refractivity contribution in [3.05, 3.63) is 0 Å². The van der Waals surface area contributed by atoms with Gasteiger partial charge in [0.05, 0.1) is 31.3 Å². The average Bonchev–Trinajstić information content (AvgIpc) is 2.57. The van der Waals surface area contributed by atoms with E-state index in [9.17, 15) is 9.90 Å². The molecule has 1 aliphatic heterocycles. The Balaban J connectivity index is 2.40. The quantitative estimate of drug-likeness (QED) is 0.535. The summed E-state index contributed by atoms with van der Waals surface area (Å²) in [6, 6.07) is -0.299. The van der Waals surface area contributed by atoms with E-state index in [2.05, 4.69) is 5.32 Å². The minimum absolute atomic E-state index is 0.162. The van der Waals surface area contributed by atoms with Crippen LogP contribution in [-0.4, -0.2) is 56.6 Å². The molecule has 3 unspecified atom stereocenters. The van der Waals surface area contributed by atoms with Crippen molar-refractivity contribution < 1.29 is 19.4 Å². The SMILES string of the molecule is COCC(O)CNC(=O)C1(C)COCC1N. The molecule has 0 spiro atoms. The molecule has 94 valence electrons. The zero-order chi connectivity index (χ0) is 12.2. The Morgan fingerprint density at radius 1 is 1.81 bits per heavy atom. The Hall–Kier alpha value is -0.690. The van der Waals surface area contributed by atoms with Crippen LogP contribution in [0.5, 0.6) is 0 Å². The van der Waals surface area contributed by atoms with Gasteiger partial charge >= 0.3 is 0 Å². The molecule has 0 aromatic carbocycles. The van der Waals surface area contributed by atoms with Gasteiger partial charge in [0.25, 0.3) is 0 Å². The highest BCUT2D eigenvalue weighted by Crippen LogP contribution is 2.26. The minimum atomic E-state index is -0.702. The molecule has 1 fully saturated rings. The van der Waals surface area contributed by atoms with Crippen molar-refractivity contribution in [1.29, 1.82) is 0 Å². The lowest BCUT2D eigenvalue weighted by Gasteiger charge is -2.26. The highest BCUT2D eigenvalue weighted by Gasteiger charge is 2.44. The molecule has 0 aromatic rings. The van der Waals surface area contributed by atoms with Crippen LogP contribution < -0.4 is 11.1 Å². The van der Waals surface area contributed by atoms with Crippen molar-refractivity contribution in [3.63, 3.8) is 0 Å². The van der Waals surface area contributed by atoms with Gasteiger partial charge in [-0.05, 0) is 6.92 Å². The van der Waals surface area contributed by atoms with E-state index in [1.54, 1.807) is 6.92 Å². The summed E-state index contributed by atoms with van der Waals surface area (Å²) >= 11 is 0. The predicted molar refractivity (Wildman–Crippen MR) is 57.8 cm³/mol. The number of amides is 1. The Kier molecular flexibility index (Phi) is 4.67. The lowest BCUT2D eigenvalue weighted by molar-refractivity contribution is -0.131. The molecule has 1 rings (SSSR count). The molecule has 0 saturated carbocycles. The van der Waals surface area contributed by atoms with E-state index in [4.69, 9.17) is 15.2 Å². The van der Waals surface area contributed by atoms with Crippen molar-refractivity contribution in [2.75, 3.05) is 33.5 Å². The van der Waals surface area contributed by atoms with Crippen LogP contribution in [0.25, 0.3) is 0 Å². The standard InChI is InChI=1S/C10H20N2O4/c1-10(6-16-5-8(10)11)9(14)12-3-7(13)4-15-2/h7-8,13H,3-6,11H2,1-2H3,(H,12,14). The molecule has 0 aromatic heterocycles. The molecular weight excluding hydrogens is 212 g/mol. The van der Waals surface area contributed by atoms with Gasteiger partial charge in [-0.2, -0.15) is 0 Å². The first-order valence-electron chi connectivity index (χ1n) is 5.29. The maximum atomic E-state index is 11.9. The van der Waals surface area contributed by atoms with Crippen molar-refractivity contribution >= 4 is 5.91 Å². The summed E-state index contributed by atoms with van der Waals surface area (Å²) in [6.45, 7) is 2.84. The third kappa shape index (κ3) is 2.91. The number of nitrogens with two attached hydrogens (primary N) is 1. The van der Waals surface area contributed by atoms with Gasteiger partial charge in [0.15, 0.2) is 0 Å². The number of methoxy groups -OCH3 is 1. The molecule has 6 nitrogen and oxygen atoms in total. The Bertz CT molecular complexity index is 249. The van der Waals surface area contributed by atoms with Gasteiger partial charge in [0.1, 0.15) is 0 Å². The van der Waals surface area contributed by atoms with E-state index in [0.717, 1.165) is 0 Å². The van der Waals surface area contributed by atoms with E-state index >= 15 is 0 Å². The summed E-state index contributed by atoms with van der Waals surface area (Å²) in [4.78, 5) is 11.9. The molecule has 16 heavy (non-hydrogen) atoms. The largest absolute Gasteiger partial charge is 0.389 e.